The average molecular weight is 366 g/mol. The molecule has 3 unspecified atom stereocenters. The highest BCUT2D eigenvalue weighted by atomic mass is 16.2. The van der Waals surface area contributed by atoms with Crippen LogP contribution in [0.5, 0.6) is 0 Å². The van der Waals surface area contributed by atoms with Crippen LogP contribution in [0.2, 0.25) is 0 Å². The van der Waals surface area contributed by atoms with E-state index in [1.807, 2.05) is 42.2 Å². The fraction of sp³-hybridized carbons (Fsp3) is 0.381. The minimum atomic E-state index is -0.626. The first-order valence-electron chi connectivity index (χ1n) is 9.34. The lowest BCUT2D eigenvalue weighted by atomic mass is 10.0. The van der Waals surface area contributed by atoms with Crippen LogP contribution in [0.1, 0.15) is 29.3 Å². The van der Waals surface area contributed by atoms with Crippen molar-refractivity contribution < 1.29 is 9.59 Å². The van der Waals surface area contributed by atoms with Crippen molar-refractivity contribution in [1.82, 2.24) is 15.2 Å². The minimum absolute atomic E-state index is 0.0560. The Morgan fingerprint density at radius 3 is 2.67 bits per heavy atom. The van der Waals surface area contributed by atoms with Gasteiger partial charge in [-0.1, -0.05) is 30.3 Å². The van der Waals surface area contributed by atoms with Crippen LogP contribution in [0.15, 0.2) is 54.9 Å². The molecule has 0 bridgehead atoms. The standard InChI is InChI=1S/C21H26N4O2/c1-15-10-17(12-22)14-25(15)21(27)19(11-16-6-3-2-4-7-16)24-20(26)18-8-5-9-23-13-18/h2-9,13,15,17,19H,10-12,14,22H2,1H3,(H,24,26). The molecule has 6 heteroatoms. The summed E-state index contributed by atoms with van der Waals surface area (Å²) in [5.74, 6) is -0.0329. The molecule has 1 aromatic carbocycles. The lowest BCUT2D eigenvalue weighted by molar-refractivity contribution is -0.133. The molecule has 0 saturated carbocycles. The van der Waals surface area contributed by atoms with Crippen LogP contribution >= 0.6 is 0 Å². The molecule has 3 rings (SSSR count). The lowest BCUT2D eigenvalue weighted by Crippen LogP contribution is -2.50. The first-order valence-corrected chi connectivity index (χ1v) is 9.34. The predicted octanol–water partition coefficient (Wildman–Crippen LogP) is 1.62. The van der Waals surface area contributed by atoms with E-state index in [0.29, 0.717) is 31.0 Å². The fourth-order valence-electron chi connectivity index (χ4n) is 3.61. The molecule has 0 aliphatic carbocycles. The second-order valence-electron chi connectivity index (χ2n) is 7.13. The summed E-state index contributed by atoms with van der Waals surface area (Å²) < 4.78 is 0. The summed E-state index contributed by atoms with van der Waals surface area (Å²) in [6, 6.07) is 12.6. The number of nitrogens with one attached hydrogen (secondary N) is 1. The average Bonchev–Trinajstić information content (AvgIpc) is 3.09. The molecule has 1 aliphatic heterocycles. The van der Waals surface area contributed by atoms with Crippen LogP contribution in [0.4, 0.5) is 0 Å². The summed E-state index contributed by atoms with van der Waals surface area (Å²) in [5, 5.41) is 2.91. The Balaban J connectivity index is 1.79. The molecular weight excluding hydrogens is 340 g/mol. The highest BCUT2D eigenvalue weighted by molar-refractivity contribution is 5.97. The molecule has 27 heavy (non-hydrogen) atoms. The zero-order valence-corrected chi connectivity index (χ0v) is 15.5. The molecular formula is C21H26N4O2. The zero-order chi connectivity index (χ0) is 19.2. The Kier molecular flexibility index (Phi) is 6.19. The molecule has 1 aromatic heterocycles. The third kappa shape index (κ3) is 4.71. The second kappa shape index (κ2) is 8.77. The van der Waals surface area contributed by atoms with Gasteiger partial charge in [-0.15, -0.1) is 0 Å². The Morgan fingerprint density at radius 1 is 1.26 bits per heavy atom. The van der Waals surface area contributed by atoms with E-state index < -0.39 is 6.04 Å². The molecule has 1 aliphatic rings. The molecule has 1 fully saturated rings. The molecule has 2 amide bonds. The molecule has 142 valence electrons. The van der Waals surface area contributed by atoms with Crippen LogP contribution in [0, 0.1) is 5.92 Å². The van der Waals surface area contributed by atoms with Gasteiger partial charge in [0.15, 0.2) is 0 Å². The number of pyridine rings is 1. The van der Waals surface area contributed by atoms with Crippen LogP contribution in [0.25, 0.3) is 0 Å². The summed E-state index contributed by atoms with van der Waals surface area (Å²) in [6.45, 7) is 3.25. The lowest BCUT2D eigenvalue weighted by Gasteiger charge is -2.28. The Hall–Kier alpha value is -2.73. The highest BCUT2D eigenvalue weighted by Gasteiger charge is 2.35. The number of hydrogen-bond donors (Lipinski definition) is 2. The van der Waals surface area contributed by atoms with Crippen LogP contribution in [-0.4, -0.2) is 46.9 Å². The van der Waals surface area contributed by atoms with Crippen molar-refractivity contribution in [1.29, 1.82) is 0 Å². The Labute approximate surface area is 159 Å². The number of likely N-dealkylation sites (tertiary alicyclic amines) is 1. The zero-order valence-electron chi connectivity index (χ0n) is 15.5. The highest BCUT2D eigenvalue weighted by Crippen LogP contribution is 2.23. The number of carbonyl (C=O) groups excluding carboxylic acids is 2. The normalized spacial score (nSPS) is 20.3. The van der Waals surface area contributed by atoms with Gasteiger partial charge in [0.05, 0.1) is 5.56 Å². The van der Waals surface area contributed by atoms with Crippen LogP contribution < -0.4 is 11.1 Å². The molecule has 6 nitrogen and oxygen atoms in total. The first kappa shape index (κ1) is 19.0. The SMILES string of the molecule is CC1CC(CN)CN1C(=O)C(Cc1ccccc1)NC(=O)c1cccnc1. The maximum Gasteiger partial charge on any atom is 0.253 e. The maximum atomic E-state index is 13.2. The topological polar surface area (TPSA) is 88.3 Å². The third-order valence-electron chi connectivity index (χ3n) is 5.09. The van der Waals surface area contributed by atoms with Crippen molar-refractivity contribution in [2.24, 2.45) is 11.7 Å². The first-order chi connectivity index (χ1) is 13.1. The van der Waals surface area contributed by atoms with Crippen molar-refractivity contribution in [2.75, 3.05) is 13.1 Å². The molecule has 3 atom stereocenters. The van der Waals surface area contributed by atoms with E-state index in [2.05, 4.69) is 10.3 Å². The fourth-order valence-corrected chi connectivity index (χ4v) is 3.61. The van der Waals surface area contributed by atoms with Gasteiger partial charge < -0.3 is 16.0 Å². The van der Waals surface area contributed by atoms with E-state index in [0.717, 1.165) is 12.0 Å². The van der Waals surface area contributed by atoms with Gasteiger partial charge >= 0.3 is 0 Å². The van der Waals surface area contributed by atoms with E-state index in [4.69, 9.17) is 5.73 Å². The van der Waals surface area contributed by atoms with E-state index >= 15 is 0 Å². The minimum Gasteiger partial charge on any atom is -0.340 e. The summed E-state index contributed by atoms with van der Waals surface area (Å²) in [6.07, 6.45) is 4.46. The van der Waals surface area contributed by atoms with Crippen molar-refractivity contribution >= 4 is 11.8 Å². The molecule has 0 radical (unpaired) electrons. The van der Waals surface area contributed by atoms with E-state index in [-0.39, 0.29) is 17.9 Å². The molecule has 3 N–H and O–H groups in total. The summed E-state index contributed by atoms with van der Waals surface area (Å²) in [4.78, 5) is 31.7. The van der Waals surface area contributed by atoms with Crippen LogP contribution in [0.3, 0.4) is 0 Å². The number of rotatable bonds is 6. The van der Waals surface area contributed by atoms with Gasteiger partial charge in [-0.3, -0.25) is 14.6 Å². The summed E-state index contributed by atoms with van der Waals surface area (Å²) in [7, 11) is 0. The Bertz CT molecular complexity index is 766. The van der Waals surface area contributed by atoms with Crippen molar-refractivity contribution in [3.63, 3.8) is 0 Å². The van der Waals surface area contributed by atoms with E-state index in [1.54, 1.807) is 18.3 Å². The number of nitrogens with zero attached hydrogens (tertiary/aromatic N) is 2. The molecule has 1 saturated heterocycles. The smallest absolute Gasteiger partial charge is 0.253 e. The number of carbonyl (C=O) groups is 2. The number of aromatic nitrogens is 1. The van der Waals surface area contributed by atoms with Crippen LogP contribution in [-0.2, 0) is 11.2 Å². The van der Waals surface area contributed by atoms with Gasteiger partial charge in [0.25, 0.3) is 5.91 Å². The quantitative estimate of drug-likeness (QED) is 0.813. The third-order valence-corrected chi connectivity index (χ3v) is 5.09. The molecule has 2 aromatic rings. The monoisotopic (exact) mass is 366 g/mol. The van der Waals surface area contributed by atoms with Gasteiger partial charge in [-0.25, -0.2) is 0 Å². The Morgan fingerprint density at radius 2 is 2.04 bits per heavy atom. The maximum absolute atomic E-state index is 13.2. The second-order valence-corrected chi connectivity index (χ2v) is 7.13. The predicted molar refractivity (Wildman–Crippen MR) is 104 cm³/mol. The van der Waals surface area contributed by atoms with Crippen molar-refractivity contribution in [3.8, 4) is 0 Å². The largest absolute Gasteiger partial charge is 0.340 e. The molecule has 0 spiro atoms. The number of benzene rings is 1. The van der Waals surface area contributed by atoms with Gasteiger partial charge in [0, 0.05) is 31.4 Å². The van der Waals surface area contributed by atoms with Gasteiger partial charge in [0.1, 0.15) is 6.04 Å². The number of hydrogen-bond acceptors (Lipinski definition) is 4. The van der Waals surface area contributed by atoms with Gasteiger partial charge in [-0.2, -0.15) is 0 Å². The van der Waals surface area contributed by atoms with Crippen molar-refractivity contribution in [3.05, 3.63) is 66.0 Å². The number of nitrogens with two attached hydrogens (primary N) is 1. The summed E-state index contributed by atoms with van der Waals surface area (Å²) in [5.41, 5.74) is 7.25. The van der Waals surface area contributed by atoms with E-state index in [1.165, 1.54) is 6.20 Å². The van der Waals surface area contributed by atoms with Crippen molar-refractivity contribution in [2.45, 2.75) is 31.8 Å². The van der Waals surface area contributed by atoms with Gasteiger partial charge in [0.2, 0.25) is 5.91 Å². The molecule has 2 heterocycles. The summed E-state index contributed by atoms with van der Waals surface area (Å²) >= 11 is 0. The van der Waals surface area contributed by atoms with E-state index in [9.17, 15) is 9.59 Å². The number of amides is 2. The van der Waals surface area contributed by atoms with Gasteiger partial charge in [-0.05, 0) is 43.5 Å².